The number of nitrogens with one attached hydrogen (secondary N) is 2. The van der Waals surface area contributed by atoms with E-state index < -0.39 is 0 Å². The predicted octanol–water partition coefficient (Wildman–Crippen LogP) is 4.11. The molecule has 0 saturated carbocycles. The van der Waals surface area contributed by atoms with Crippen molar-refractivity contribution in [1.29, 1.82) is 0 Å². The zero-order valence-electron chi connectivity index (χ0n) is 15.1. The number of H-pyrrole nitrogens is 1. The standard InChI is InChI=1S/C22H17N3O4/c26-16-7-1-13(2-8-16)19-20(14-3-9-17(27)10-4-14)24-25-21(19)23-22(29)15-5-11-18(28)12-6-15/h1-12,26-28H,(H2,23,24,25,29). The Kier molecular flexibility index (Phi) is 4.62. The lowest BCUT2D eigenvalue weighted by Crippen LogP contribution is -2.12. The number of phenols is 3. The molecule has 0 atom stereocenters. The summed E-state index contributed by atoms with van der Waals surface area (Å²) in [6, 6.07) is 19.0. The molecule has 4 rings (SSSR count). The van der Waals surface area contributed by atoms with Gasteiger partial charge in [-0.3, -0.25) is 9.89 Å². The third kappa shape index (κ3) is 3.74. The molecule has 3 aromatic carbocycles. The van der Waals surface area contributed by atoms with Gasteiger partial charge in [-0.25, -0.2) is 0 Å². The van der Waals surface area contributed by atoms with Gasteiger partial charge in [-0.15, -0.1) is 0 Å². The van der Waals surface area contributed by atoms with Crippen LogP contribution < -0.4 is 5.32 Å². The van der Waals surface area contributed by atoms with Crippen LogP contribution >= 0.6 is 0 Å². The van der Waals surface area contributed by atoms with Crippen molar-refractivity contribution in [3.63, 3.8) is 0 Å². The van der Waals surface area contributed by atoms with Gasteiger partial charge in [0.2, 0.25) is 0 Å². The Labute approximate surface area is 165 Å². The monoisotopic (exact) mass is 387 g/mol. The fourth-order valence-corrected chi connectivity index (χ4v) is 2.97. The van der Waals surface area contributed by atoms with E-state index in [1.54, 1.807) is 48.5 Å². The fraction of sp³-hybridized carbons (Fsp3) is 0. The molecule has 7 nitrogen and oxygen atoms in total. The molecule has 0 aliphatic carbocycles. The van der Waals surface area contributed by atoms with Gasteiger partial charge in [0.05, 0.1) is 11.3 Å². The van der Waals surface area contributed by atoms with E-state index in [9.17, 15) is 20.1 Å². The zero-order valence-corrected chi connectivity index (χ0v) is 15.1. The first-order valence-electron chi connectivity index (χ1n) is 8.79. The van der Waals surface area contributed by atoms with E-state index in [4.69, 9.17) is 0 Å². The van der Waals surface area contributed by atoms with E-state index in [0.29, 0.717) is 22.6 Å². The topological polar surface area (TPSA) is 118 Å². The molecule has 4 aromatic rings. The van der Waals surface area contributed by atoms with Crippen LogP contribution in [-0.2, 0) is 0 Å². The van der Waals surface area contributed by atoms with Crippen LogP contribution in [0, 0.1) is 0 Å². The smallest absolute Gasteiger partial charge is 0.256 e. The Morgan fingerprint density at radius 3 is 1.76 bits per heavy atom. The van der Waals surface area contributed by atoms with Crippen LogP contribution in [0.4, 0.5) is 5.82 Å². The molecule has 0 aliphatic heterocycles. The maximum absolute atomic E-state index is 12.6. The number of phenolic OH excluding ortho intramolecular Hbond substituents is 3. The summed E-state index contributed by atoms with van der Waals surface area (Å²) in [5, 5.41) is 38.6. The highest BCUT2D eigenvalue weighted by molar-refractivity contribution is 6.06. The van der Waals surface area contributed by atoms with Crippen LogP contribution in [0.1, 0.15) is 10.4 Å². The second-order valence-corrected chi connectivity index (χ2v) is 6.42. The molecular formula is C22H17N3O4. The highest BCUT2D eigenvalue weighted by Gasteiger charge is 2.19. The lowest BCUT2D eigenvalue weighted by molar-refractivity contribution is 0.102. The molecule has 0 fully saturated rings. The number of rotatable bonds is 4. The van der Waals surface area contributed by atoms with Crippen LogP contribution in [0.3, 0.4) is 0 Å². The van der Waals surface area contributed by atoms with E-state index in [0.717, 1.165) is 11.1 Å². The second-order valence-electron chi connectivity index (χ2n) is 6.42. The molecule has 144 valence electrons. The zero-order chi connectivity index (χ0) is 20.4. The number of aromatic nitrogens is 2. The summed E-state index contributed by atoms with van der Waals surface area (Å²) in [6.07, 6.45) is 0. The van der Waals surface area contributed by atoms with Gasteiger partial charge >= 0.3 is 0 Å². The van der Waals surface area contributed by atoms with E-state index in [1.165, 1.54) is 24.3 Å². The lowest BCUT2D eigenvalue weighted by Gasteiger charge is -2.09. The minimum atomic E-state index is -0.381. The summed E-state index contributed by atoms with van der Waals surface area (Å²) < 4.78 is 0. The Morgan fingerprint density at radius 1 is 0.724 bits per heavy atom. The van der Waals surface area contributed by atoms with Crippen molar-refractivity contribution in [3.05, 3.63) is 78.4 Å². The number of carbonyl (C=O) groups is 1. The number of aromatic amines is 1. The lowest BCUT2D eigenvalue weighted by atomic mass is 10.0. The number of aromatic hydroxyl groups is 3. The van der Waals surface area contributed by atoms with Crippen LogP contribution in [0.15, 0.2) is 72.8 Å². The van der Waals surface area contributed by atoms with Crippen molar-refractivity contribution in [2.24, 2.45) is 0 Å². The van der Waals surface area contributed by atoms with Crippen LogP contribution in [0.2, 0.25) is 0 Å². The quantitative estimate of drug-likeness (QED) is 0.361. The molecule has 1 heterocycles. The highest BCUT2D eigenvalue weighted by Crippen LogP contribution is 2.37. The summed E-state index contributed by atoms with van der Waals surface area (Å²) in [7, 11) is 0. The minimum Gasteiger partial charge on any atom is -0.508 e. The van der Waals surface area contributed by atoms with Gasteiger partial charge in [0, 0.05) is 11.1 Å². The highest BCUT2D eigenvalue weighted by atomic mass is 16.3. The molecule has 7 heteroatoms. The van der Waals surface area contributed by atoms with Crippen molar-refractivity contribution in [2.75, 3.05) is 5.32 Å². The summed E-state index contributed by atoms with van der Waals surface area (Å²) >= 11 is 0. The average molecular weight is 387 g/mol. The Hall–Kier alpha value is -4.26. The molecule has 0 aliphatic rings. The Balaban J connectivity index is 1.77. The number of carbonyl (C=O) groups excluding carboxylic acids is 1. The largest absolute Gasteiger partial charge is 0.508 e. The SMILES string of the molecule is O=C(Nc1n[nH]c(-c2ccc(O)cc2)c1-c1ccc(O)cc1)c1ccc(O)cc1. The average Bonchev–Trinajstić information content (AvgIpc) is 3.13. The third-order valence-corrected chi connectivity index (χ3v) is 4.44. The number of anilines is 1. The summed E-state index contributed by atoms with van der Waals surface area (Å²) in [5.74, 6) is 0.268. The molecule has 0 bridgehead atoms. The predicted molar refractivity (Wildman–Crippen MR) is 109 cm³/mol. The molecule has 29 heavy (non-hydrogen) atoms. The molecule has 0 unspecified atom stereocenters. The molecule has 0 saturated heterocycles. The van der Waals surface area contributed by atoms with Crippen molar-refractivity contribution < 1.29 is 20.1 Å². The fourth-order valence-electron chi connectivity index (χ4n) is 2.97. The van der Waals surface area contributed by atoms with Gasteiger partial charge < -0.3 is 20.6 Å². The van der Waals surface area contributed by atoms with Gasteiger partial charge in [-0.2, -0.15) is 5.10 Å². The summed E-state index contributed by atoms with van der Waals surface area (Å²) in [4.78, 5) is 12.6. The second kappa shape index (κ2) is 7.40. The first kappa shape index (κ1) is 18.1. The van der Waals surface area contributed by atoms with E-state index in [2.05, 4.69) is 15.5 Å². The summed E-state index contributed by atoms with van der Waals surface area (Å²) in [6.45, 7) is 0. The van der Waals surface area contributed by atoms with Crippen molar-refractivity contribution in [1.82, 2.24) is 10.2 Å². The number of hydrogen-bond donors (Lipinski definition) is 5. The Bertz CT molecular complexity index is 1150. The van der Waals surface area contributed by atoms with Crippen LogP contribution in [-0.4, -0.2) is 31.4 Å². The normalized spacial score (nSPS) is 10.6. The van der Waals surface area contributed by atoms with Gasteiger partial charge in [-0.1, -0.05) is 12.1 Å². The van der Waals surface area contributed by atoms with Crippen LogP contribution in [0.25, 0.3) is 22.4 Å². The molecule has 1 amide bonds. The first-order chi connectivity index (χ1) is 14.0. The minimum absolute atomic E-state index is 0.0701. The molecule has 0 spiro atoms. The maximum atomic E-state index is 12.6. The first-order valence-corrected chi connectivity index (χ1v) is 8.79. The maximum Gasteiger partial charge on any atom is 0.256 e. The summed E-state index contributed by atoms with van der Waals surface area (Å²) in [5.41, 5.74) is 3.16. The van der Waals surface area contributed by atoms with E-state index in [-0.39, 0.29) is 23.2 Å². The molecule has 5 N–H and O–H groups in total. The van der Waals surface area contributed by atoms with Crippen molar-refractivity contribution in [3.8, 4) is 39.6 Å². The number of hydrogen-bond acceptors (Lipinski definition) is 5. The molecular weight excluding hydrogens is 370 g/mol. The van der Waals surface area contributed by atoms with Crippen molar-refractivity contribution >= 4 is 11.7 Å². The number of nitrogens with zero attached hydrogens (tertiary/aromatic N) is 1. The van der Waals surface area contributed by atoms with Crippen LogP contribution in [0.5, 0.6) is 17.2 Å². The van der Waals surface area contributed by atoms with Gasteiger partial charge in [0.1, 0.15) is 17.2 Å². The third-order valence-electron chi connectivity index (χ3n) is 4.44. The van der Waals surface area contributed by atoms with Gasteiger partial charge in [0.25, 0.3) is 5.91 Å². The van der Waals surface area contributed by atoms with Gasteiger partial charge in [-0.05, 0) is 66.2 Å². The molecule has 1 aromatic heterocycles. The number of amides is 1. The van der Waals surface area contributed by atoms with E-state index >= 15 is 0 Å². The number of benzene rings is 3. The van der Waals surface area contributed by atoms with E-state index in [1.807, 2.05) is 0 Å². The van der Waals surface area contributed by atoms with Gasteiger partial charge in [0.15, 0.2) is 5.82 Å². The Morgan fingerprint density at radius 2 is 1.21 bits per heavy atom. The van der Waals surface area contributed by atoms with Crippen molar-refractivity contribution in [2.45, 2.75) is 0 Å². The molecule has 0 radical (unpaired) electrons.